The van der Waals surface area contributed by atoms with E-state index in [1.807, 2.05) is 0 Å². The molecule has 116 valence electrons. The van der Waals surface area contributed by atoms with Crippen LogP contribution >= 0.6 is 15.9 Å². The summed E-state index contributed by atoms with van der Waals surface area (Å²) in [6, 6.07) is 4.87. The molecule has 0 bridgehead atoms. The van der Waals surface area contributed by atoms with Crippen LogP contribution in [0.5, 0.6) is 0 Å². The molecule has 0 saturated heterocycles. The third-order valence-corrected chi connectivity index (χ3v) is 6.43. The summed E-state index contributed by atoms with van der Waals surface area (Å²) in [5.41, 5.74) is 0.671. The summed E-state index contributed by atoms with van der Waals surface area (Å²) in [5, 5.41) is 8.96. The highest BCUT2D eigenvalue weighted by Gasteiger charge is 2.29. The molecular formula is C14H18BrNO4S. The molecule has 7 heteroatoms. The average molecular weight is 376 g/mol. The minimum atomic E-state index is -3.58. The Morgan fingerprint density at radius 1 is 1.29 bits per heavy atom. The van der Waals surface area contributed by atoms with Gasteiger partial charge in [0.1, 0.15) is 0 Å². The smallest absolute Gasteiger partial charge is 0.306 e. The van der Waals surface area contributed by atoms with Crippen LogP contribution in [0.25, 0.3) is 0 Å². The van der Waals surface area contributed by atoms with Gasteiger partial charge in [-0.1, -0.05) is 22.0 Å². The molecule has 0 aromatic heterocycles. The molecule has 1 aromatic carbocycles. The van der Waals surface area contributed by atoms with Crippen molar-refractivity contribution in [3.63, 3.8) is 0 Å². The summed E-state index contributed by atoms with van der Waals surface area (Å²) in [7, 11) is -3.58. The molecule has 1 fully saturated rings. The lowest BCUT2D eigenvalue weighted by Gasteiger charge is -2.26. The molecule has 1 saturated carbocycles. The summed E-state index contributed by atoms with van der Waals surface area (Å²) < 4.78 is 28.3. The number of carboxylic acids is 1. The van der Waals surface area contributed by atoms with Crippen molar-refractivity contribution >= 4 is 31.9 Å². The van der Waals surface area contributed by atoms with E-state index in [9.17, 15) is 13.2 Å². The van der Waals surface area contributed by atoms with Gasteiger partial charge in [0.15, 0.2) is 0 Å². The Kier molecular flexibility index (Phi) is 5.06. The number of halogens is 1. The van der Waals surface area contributed by atoms with Gasteiger partial charge in [-0.05, 0) is 50.3 Å². The van der Waals surface area contributed by atoms with E-state index < -0.39 is 16.0 Å². The molecule has 0 spiro atoms. The summed E-state index contributed by atoms with van der Waals surface area (Å²) in [4.78, 5) is 11.2. The van der Waals surface area contributed by atoms with Crippen molar-refractivity contribution in [1.82, 2.24) is 4.72 Å². The predicted octanol–water partition coefficient (Wildman–Crippen LogP) is 2.68. The topological polar surface area (TPSA) is 83.5 Å². The summed E-state index contributed by atoms with van der Waals surface area (Å²) in [6.07, 6.45) is 2.15. The standard InChI is InChI=1S/C14H18BrNO4S/c1-9-12(15)3-2-4-13(9)21(19,20)16-11-7-5-10(6-8-11)14(17)18/h2-4,10-11,16H,5-8H2,1H3,(H,17,18). The highest BCUT2D eigenvalue weighted by atomic mass is 79.9. The van der Waals surface area contributed by atoms with E-state index in [2.05, 4.69) is 20.7 Å². The fourth-order valence-corrected chi connectivity index (χ4v) is 4.69. The van der Waals surface area contributed by atoms with E-state index in [4.69, 9.17) is 5.11 Å². The lowest BCUT2D eigenvalue weighted by molar-refractivity contribution is -0.142. The number of hydrogen-bond donors (Lipinski definition) is 2. The maximum atomic E-state index is 12.4. The second-order valence-electron chi connectivity index (χ2n) is 5.37. The number of carboxylic acid groups (broad SMARTS) is 1. The molecule has 0 aliphatic heterocycles. The third-order valence-electron chi connectivity index (χ3n) is 3.91. The molecule has 0 unspecified atom stereocenters. The molecule has 0 atom stereocenters. The van der Waals surface area contributed by atoms with Crippen LogP contribution in [0.15, 0.2) is 27.6 Å². The van der Waals surface area contributed by atoms with Crippen LogP contribution in [-0.4, -0.2) is 25.5 Å². The molecule has 0 heterocycles. The molecule has 5 nitrogen and oxygen atoms in total. The molecule has 0 amide bonds. The zero-order valence-corrected chi connectivity index (χ0v) is 14.1. The van der Waals surface area contributed by atoms with Gasteiger partial charge in [0.25, 0.3) is 0 Å². The SMILES string of the molecule is Cc1c(Br)cccc1S(=O)(=O)NC1CCC(C(=O)O)CC1. The highest BCUT2D eigenvalue weighted by Crippen LogP contribution is 2.27. The lowest BCUT2D eigenvalue weighted by Crippen LogP contribution is -2.38. The maximum Gasteiger partial charge on any atom is 0.306 e. The number of rotatable bonds is 4. The Balaban J connectivity index is 2.09. The third kappa shape index (κ3) is 3.84. The van der Waals surface area contributed by atoms with Crippen molar-refractivity contribution in [3.8, 4) is 0 Å². The van der Waals surface area contributed by atoms with Gasteiger partial charge in [-0.3, -0.25) is 4.79 Å². The van der Waals surface area contributed by atoms with E-state index in [-0.39, 0.29) is 16.9 Å². The largest absolute Gasteiger partial charge is 0.481 e. The maximum absolute atomic E-state index is 12.4. The second-order valence-corrected chi connectivity index (χ2v) is 7.91. The first kappa shape index (κ1) is 16.5. The van der Waals surface area contributed by atoms with Crippen molar-refractivity contribution in [2.75, 3.05) is 0 Å². The van der Waals surface area contributed by atoms with Gasteiger partial charge in [0.2, 0.25) is 10.0 Å². The Bertz CT molecular complexity index is 636. The quantitative estimate of drug-likeness (QED) is 0.847. The molecule has 2 N–H and O–H groups in total. The first-order chi connectivity index (χ1) is 9.81. The molecule has 1 aliphatic carbocycles. The van der Waals surface area contributed by atoms with Crippen LogP contribution in [0, 0.1) is 12.8 Å². The Labute approximate surface area is 132 Å². The van der Waals surface area contributed by atoms with Crippen LogP contribution in [0.4, 0.5) is 0 Å². The molecule has 1 aliphatic rings. The van der Waals surface area contributed by atoms with E-state index in [1.165, 1.54) is 0 Å². The number of aliphatic carboxylic acids is 1. The van der Waals surface area contributed by atoms with E-state index in [0.29, 0.717) is 31.2 Å². The van der Waals surface area contributed by atoms with Crippen molar-refractivity contribution < 1.29 is 18.3 Å². The van der Waals surface area contributed by atoms with Gasteiger partial charge in [0.05, 0.1) is 10.8 Å². The van der Waals surface area contributed by atoms with Crippen LogP contribution < -0.4 is 4.72 Å². The second kappa shape index (κ2) is 6.46. The van der Waals surface area contributed by atoms with Crippen molar-refractivity contribution in [3.05, 3.63) is 28.2 Å². The summed E-state index contributed by atoms with van der Waals surface area (Å²) in [5.74, 6) is -1.14. The minimum Gasteiger partial charge on any atom is -0.481 e. The van der Waals surface area contributed by atoms with Gasteiger partial charge in [-0.2, -0.15) is 0 Å². The highest BCUT2D eigenvalue weighted by molar-refractivity contribution is 9.10. The van der Waals surface area contributed by atoms with Crippen molar-refractivity contribution in [2.24, 2.45) is 5.92 Å². The van der Waals surface area contributed by atoms with E-state index in [0.717, 1.165) is 4.47 Å². The molecule has 0 radical (unpaired) electrons. The first-order valence-corrected chi connectivity index (χ1v) is 9.09. The van der Waals surface area contributed by atoms with Gasteiger partial charge in [-0.25, -0.2) is 13.1 Å². The summed E-state index contributed by atoms with van der Waals surface area (Å²) >= 11 is 3.33. The van der Waals surface area contributed by atoms with Crippen LogP contribution in [0.2, 0.25) is 0 Å². The van der Waals surface area contributed by atoms with Gasteiger partial charge in [-0.15, -0.1) is 0 Å². The van der Waals surface area contributed by atoms with Crippen LogP contribution in [0.1, 0.15) is 31.2 Å². The van der Waals surface area contributed by atoms with Crippen molar-refractivity contribution in [1.29, 1.82) is 0 Å². The van der Waals surface area contributed by atoms with E-state index in [1.54, 1.807) is 25.1 Å². The average Bonchev–Trinajstić information content (AvgIpc) is 2.41. The molecular weight excluding hydrogens is 358 g/mol. The molecule has 1 aromatic rings. The zero-order chi connectivity index (χ0) is 15.6. The zero-order valence-electron chi connectivity index (χ0n) is 11.7. The Hall–Kier alpha value is -0.920. The molecule has 2 rings (SSSR count). The van der Waals surface area contributed by atoms with Gasteiger partial charge in [0, 0.05) is 10.5 Å². The van der Waals surface area contributed by atoms with Gasteiger partial charge < -0.3 is 5.11 Å². The fraction of sp³-hybridized carbons (Fsp3) is 0.500. The number of benzene rings is 1. The molecule has 21 heavy (non-hydrogen) atoms. The number of sulfonamides is 1. The number of hydrogen-bond acceptors (Lipinski definition) is 3. The Morgan fingerprint density at radius 3 is 2.48 bits per heavy atom. The minimum absolute atomic E-state index is 0.191. The normalized spacial score (nSPS) is 23.0. The Morgan fingerprint density at radius 2 is 1.90 bits per heavy atom. The van der Waals surface area contributed by atoms with Crippen LogP contribution in [-0.2, 0) is 14.8 Å². The summed E-state index contributed by atoms with van der Waals surface area (Å²) in [6.45, 7) is 1.75. The van der Waals surface area contributed by atoms with Gasteiger partial charge >= 0.3 is 5.97 Å². The number of nitrogens with one attached hydrogen (secondary N) is 1. The number of carbonyl (C=O) groups is 1. The lowest BCUT2D eigenvalue weighted by atomic mass is 9.87. The fourth-order valence-electron chi connectivity index (χ4n) is 2.62. The van der Waals surface area contributed by atoms with Crippen molar-refractivity contribution in [2.45, 2.75) is 43.5 Å². The first-order valence-electron chi connectivity index (χ1n) is 6.81. The van der Waals surface area contributed by atoms with Crippen LogP contribution in [0.3, 0.4) is 0 Å². The predicted molar refractivity (Wildman–Crippen MR) is 82.6 cm³/mol. The van der Waals surface area contributed by atoms with E-state index >= 15 is 0 Å². The monoisotopic (exact) mass is 375 g/mol.